The minimum absolute atomic E-state index is 0.0127. The van der Waals surface area contributed by atoms with Gasteiger partial charge in [0.25, 0.3) is 5.56 Å². The summed E-state index contributed by atoms with van der Waals surface area (Å²) in [5.74, 6) is 0. The summed E-state index contributed by atoms with van der Waals surface area (Å²) >= 11 is 0. The summed E-state index contributed by atoms with van der Waals surface area (Å²) in [6.07, 6.45) is 5.10. The van der Waals surface area contributed by atoms with E-state index in [9.17, 15) is 4.79 Å². The lowest BCUT2D eigenvalue weighted by atomic mass is 10.3. The van der Waals surface area contributed by atoms with E-state index in [2.05, 4.69) is 4.98 Å². The van der Waals surface area contributed by atoms with Gasteiger partial charge in [0.1, 0.15) is 0 Å². The van der Waals surface area contributed by atoms with Gasteiger partial charge >= 0.3 is 0 Å². The minimum atomic E-state index is 0.0127. The monoisotopic (exact) mass is 186 g/mol. The molecule has 0 bridgehead atoms. The number of rotatable bonds is 1. The van der Waals surface area contributed by atoms with E-state index in [4.69, 9.17) is 0 Å². The minimum Gasteiger partial charge on any atom is -0.284 e. The van der Waals surface area contributed by atoms with E-state index in [0.29, 0.717) is 0 Å². The van der Waals surface area contributed by atoms with E-state index < -0.39 is 0 Å². The predicted octanol–water partition coefficient (Wildman–Crippen LogP) is 1.54. The van der Waals surface area contributed by atoms with Gasteiger partial charge in [-0.2, -0.15) is 0 Å². The van der Waals surface area contributed by atoms with Crippen molar-refractivity contribution in [3.63, 3.8) is 0 Å². The van der Waals surface area contributed by atoms with Crippen LogP contribution in [0.25, 0.3) is 5.69 Å². The second kappa shape index (κ2) is 3.46. The van der Waals surface area contributed by atoms with Crippen LogP contribution in [0.1, 0.15) is 5.56 Å². The Kier molecular flexibility index (Phi) is 2.14. The van der Waals surface area contributed by atoms with Crippen LogP contribution in [0.3, 0.4) is 0 Å². The van der Waals surface area contributed by atoms with Crippen LogP contribution in [0.5, 0.6) is 0 Å². The third-order valence-corrected chi connectivity index (χ3v) is 2.08. The largest absolute Gasteiger partial charge is 0.284 e. The predicted molar refractivity (Wildman–Crippen MR) is 54.6 cm³/mol. The maximum Gasteiger partial charge on any atom is 0.257 e. The average molecular weight is 186 g/mol. The standard InChI is InChI=1S/C11H10N2O/c1-9-3-2-8-13(11(9)14)10-4-6-12-7-5-10/h2-8H,1H3. The molecule has 0 saturated carbocycles. The topological polar surface area (TPSA) is 34.9 Å². The molecule has 0 spiro atoms. The van der Waals surface area contributed by atoms with Gasteiger partial charge < -0.3 is 0 Å². The summed E-state index contributed by atoms with van der Waals surface area (Å²) in [4.78, 5) is 15.6. The zero-order valence-electron chi connectivity index (χ0n) is 7.84. The fraction of sp³-hybridized carbons (Fsp3) is 0.0909. The zero-order chi connectivity index (χ0) is 9.97. The molecule has 2 aromatic heterocycles. The molecule has 0 radical (unpaired) electrons. The molecule has 0 fully saturated rings. The molecule has 2 rings (SSSR count). The van der Waals surface area contributed by atoms with Gasteiger partial charge in [-0.05, 0) is 25.1 Å². The second-order valence-corrected chi connectivity index (χ2v) is 3.07. The maximum absolute atomic E-state index is 11.7. The molecule has 2 aromatic rings. The molecule has 14 heavy (non-hydrogen) atoms. The molecule has 0 aliphatic heterocycles. The van der Waals surface area contributed by atoms with E-state index in [1.54, 1.807) is 48.3 Å². The fourth-order valence-corrected chi connectivity index (χ4v) is 1.31. The van der Waals surface area contributed by atoms with Crippen LogP contribution in [0, 0.1) is 6.92 Å². The van der Waals surface area contributed by atoms with Gasteiger partial charge in [-0.1, -0.05) is 6.07 Å². The quantitative estimate of drug-likeness (QED) is 0.677. The fourth-order valence-electron chi connectivity index (χ4n) is 1.31. The summed E-state index contributed by atoms with van der Waals surface area (Å²) in [5, 5.41) is 0. The lowest BCUT2D eigenvalue weighted by Crippen LogP contribution is -2.19. The Balaban J connectivity index is 2.64. The molecule has 0 unspecified atom stereocenters. The molecule has 3 nitrogen and oxygen atoms in total. The number of hydrogen-bond donors (Lipinski definition) is 0. The van der Waals surface area contributed by atoms with Gasteiger partial charge in [-0.15, -0.1) is 0 Å². The third kappa shape index (κ3) is 1.44. The number of hydrogen-bond acceptors (Lipinski definition) is 2. The number of aromatic nitrogens is 2. The lowest BCUT2D eigenvalue weighted by Gasteiger charge is -2.04. The van der Waals surface area contributed by atoms with Gasteiger partial charge in [-0.3, -0.25) is 14.3 Å². The smallest absolute Gasteiger partial charge is 0.257 e. The second-order valence-electron chi connectivity index (χ2n) is 3.07. The molecule has 3 heteroatoms. The summed E-state index contributed by atoms with van der Waals surface area (Å²) in [7, 11) is 0. The molecular weight excluding hydrogens is 176 g/mol. The number of aryl methyl sites for hydroxylation is 1. The first-order valence-corrected chi connectivity index (χ1v) is 4.38. The van der Waals surface area contributed by atoms with Crippen molar-refractivity contribution in [2.45, 2.75) is 6.92 Å². The summed E-state index contributed by atoms with van der Waals surface area (Å²) < 4.78 is 1.61. The average Bonchev–Trinajstić information content (AvgIpc) is 2.23. The summed E-state index contributed by atoms with van der Waals surface area (Å²) in [6.45, 7) is 1.81. The highest BCUT2D eigenvalue weighted by Crippen LogP contribution is 2.02. The van der Waals surface area contributed by atoms with Gasteiger partial charge in [-0.25, -0.2) is 0 Å². The van der Waals surface area contributed by atoms with Crippen molar-refractivity contribution < 1.29 is 0 Å². The van der Waals surface area contributed by atoms with Gasteiger partial charge in [0.05, 0.1) is 5.69 Å². The molecule has 0 aliphatic rings. The van der Waals surface area contributed by atoms with Crippen LogP contribution in [0.4, 0.5) is 0 Å². The Bertz CT molecular complexity index is 488. The zero-order valence-corrected chi connectivity index (χ0v) is 7.84. The molecule has 0 atom stereocenters. The molecule has 0 amide bonds. The van der Waals surface area contributed by atoms with Crippen LogP contribution in [0.2, 0.25) is 0 Å². The summed E-state index contributed by atoms with van der Waals surface area (Å²) in [5.41, 5.74) is 1.59. The van der Waals surface area contributed by atoms with Crippen molar-refractivity contribution in [1.29, 1.82) is 0 Å². The summed E-state index contributed by atoms with van der Waals surface area (Å²) in [6, 6.07) is 7.28. The maximum atomic E-state index is 11.7. The first-order valence-electron chi connectivity index (χ1n) is 4.38. The molecule has 0 aromatic carbocycles. The first kappa shape index (κ1) is 8.69. The van der Waals surface area contributed by atoms with E-state index >= 15 is 0 Å². The van der Waals surface area contributed by atoms with E-state index in [-0.39, 0.29) is 5.56 Å². The van der Waals surface area contributed by atoms with Crippen LogP contribution in [-0.4, -0.2) is 9.55 Å². The SMILES string of the molecule is Cc1cccn(-c2ccncc2)c1=O. The molecule has 0 saturated heterocycles. The van der Waals surface area contributed by atoms with Crippen LogP contribution < -0.4 is 5.56 Å². The van der Waals surface area contributed by atoms with E-state index in [0.717, 1.165) is 11.3 Å². The van der Waals surface area contributed by atoms with Crippen LogP contribution in [-0.2, 0) is 0 Å². The molecule has 0 aliphatic carbocycles. The first-order chi connectivity index (χ1) is 6.79. The van der Waals surface area contributed by atoms with Gasteiger partial charge in [0.15, 0.2) is 0 Å². The highest BCUT2D eigenvalue weighted by Gasteiger charge is 1.99. The van der Waals surface area contributed by atoms with Crippen molar-refractivity contribution in [2.24, 2.45) is 0 Å². The Morgan fingerprint density at radius 3 is 2.64 bits per heavy atom. The van der Waals surface area contributed by atoms with Crippen molar-refractivity contribution in [3.8, 4) is 5.69 Å². The van der Waals surface area contributed by atoms with Gasteiger partial charge in [0.2, 0.25) is 0 Å². The molecule has 0 N–H and O–H groups in total. The number of pyridine rings is 2. The van der Waals surface area contributed by atoms with Crippen molar-refractivity contribution >= 4 is 0 Å². The van der Waals surface area contributed by atoms with E-state index in [1.807, 2.05) is 6.07 Å². The Hall–Kier alpha value is -1.90. The van der Waals surface area contributed by atoms with Crippen LogP contribution in [0.15, 0.2) is 47.7 Å². The molecular formula is C11H10N2O. The van der Waals surface area contributed by atoms with Crippen molar-refractivity contribution in [3.05, 3.63) is 58.8 Å². The van der Waals surface area contributed by atoms with Crippen LogP contribution >= 0.6 is 0 Å². The van der Waals surface area contributed by atoms with Crippen molar-refractivity contribution in [2.75, 3.05) is 0 Å². The Morgan fingerprint density at radius 1 is 1.21 bits per heavy atom. The Labute approximate surface area is 81.7 Å². The van der Waals surface area contributed by atoms with E-state index in [1.165, 1.54) is 0 Å². The lowest BCUT2D eigenvalue weighted by molar-refractivity contribution is 0.966. The Morgan fingerprint density at radius 2 is 1.93 bits per heavy atom. The van der Waals surface area contributed by atoms with Crippen molar-refractivity contribution in [1.82, 2.24) is 9.55 Å². The normalized spacial score (nSPS) is 10.1. The molecule has 70 valence electrons. The highest BCUT2D eigenvalue weighted by molar-refractivity contribution is 5.30. The van der Waals surface area contributed by atoms with Gasteiger partial charge in [0, 0.05) is 24.2 Å². The molecule has 2 heterocycles. The number of nitrogens with zero attached hydrogens (tertiary/aromatic N) is 2. The third-order valence-electron chi connectivity index (χ3n) is 2.08. The highest BCUT2D eigenvalue weighted by atomic mass is 16.1.